The molecule has 0 aromatic carbocycles. The molecule has 1 aliphatic heterocycles. The summed E-state index contributed by atoms with van der Waals surface area (Å²) >= 11 is 0. The van der Waals surface area contributed by atoms with Crippen LogP contribution in [0.2, 0.25) is 0 Å². The molecule has 10 nitrogen and oxygen atoms in total. The highest BCUT2D eigenvalue weighted by molar-refractivity contribution is 7.50. The molecule has 0 spiro atoms. The second-order valence-corrected chi connectivity index (χ2v) is 7.01. The van der Waals surface area contributed by atoms with Crippen molar-refractivity contribution in [1.29, 1.82) is 0 Å². The summed E-state index contributed by atoms with van der Waals surface area (Å²) < 4.78 is 28.0. The molecule has 0 saturated carbocycles. The highest BCUT2D eigenvalue weighted by Gasteiger charge is 2.37. The molecular weight excluding hydrogens is 329 g/mol. The van der Waals surface area contributed by atoms with Crippen LogP contribution in [0.15, 0.2) is 11.0 Å². The van der Waals surface area contributed by atoms with Crippen molar-refractivity contribution >= 4 is 13.4 Å². The molecule has 4 atom stereocenters. The van der Waals surface area contributed by atoms with Crippen LogP contribution in [0, 0.1) is 0 Å². The van der Waals surface area contributed by atoms with Gasteiger partial charge in [-0.3, -0.25) is 4.57 Å². The second kappa shape index (κ2) is 7.08. The van der Waals surface area contributed by atoms with Crippen molar-refractivity contribution in [2.45, 2.75) is 31.5 Å². The zero-order valence-electron chi connectivity index (χ0n) is 12.7. The van der Waals surface area contributed by atoms with Crippen molar-refractivity contribution in [1.82, 2.24) is 9.55 Å². The van der Waals surface area contributed by atoms with Crippen LogP contribution < -0.4 is 16.3 Å². The van der Waals surface area contributed by atoms with Crippen molar-refractivity contribution in [3.05, 3.63) is 22.2 Å². The van der Waals surface area contributed by atoms with Gasteiger partial charge in [-0.2, -0.15) is 4.98 Å². The van der Waals surface area contributed by atoms with E-state index in [0.717, 1.165) is 6.66 Å². The first-order chi connectivity index (χ1) is 10.7. The molecule has 2 heterocycles. The molecule has 2 rings (SSSR count). The molecule has 1 unspecified atom stereocenters. The molecule has 1 aromatic heterocycles. The number of hydrogen-bond donors (Lipinski definition) is 2. The highest BCUT2D eigenvalue weighted by atomic mass is 31.2. The molecule has 3 N–H and O–H groups in total. The van der Waals surface area contributed by atoms with E-state index in [9.17, 15) is 19.4 Å². The van der Waals surface area contributed by atoms with E-state index in [1.165, 1.54) is 17.9 Å². The first-order valence-electron chi connectivity index (χ1n) is 6.85. The van der Waals surface area contributed by atoms with Gasteiger partial charge < -0.3 is 34.3 Å². The summed E-state index contributed by atoms with van der Waals surface area (Å²) in [6, 6.07) is 0. The monoisotopic (exact) mass is 348 g/mol. The quantitative estimate of drug-likeness (QED) is 0.606. The predicted octanol–water partition coefficient (Wildman–Crippen LogP) is -1.18. The van der Waals surface area contributed by atoms with Crippen molar-refractivity contribution in [2.75, 3.05) is 26.1 Å². The number of anilines is 1. The van der Waals surface area contributed by atoms with Crippen LogP contribution in [-0.4, -0.2) is 47.2 Å². The van der Waals surface area contributed by atoms with Crippen LogP contribution >= 0.6 is 7.60 Å². The first kappa shape index (κ1) is 18.1. The summed E-state index contributed by atoms with van der Waals surface area (Å²) in [5.74, 6) is -0.0480. The summed E-state index contributed by atoms with van der Waals surface area (Å²) in [5, 5.41) is 9.21. The fraction of sp³-hybridized carbons (Fsp3) is 0.667. The van der Waals surface area contributed by atoms with Gasteiger partial charge >= 0.3 is 5.69 Å². The van der Waals surface area contributed by atoms with E-state index < -0.39 is 31.7 Å². The zero-order valence-corrected chi connectivity index (χ0v) is 13.6. The van der Waals surface area contributed by atoms with E-state index >= 15 is 0 Å². The van der Waals surface area contributed by atoms with Crippen molar-refractivity contribution in [3.8, 4) is 0 Å². The molecule has 1 fully saturated rings. The number of aliphatic hydroxyl groups excluding tert-OH is 1. The van der Waals surface area contributed by atoms with Gasteiger partial charge in [0.25, 0.3) is 0 Å². The Morgan fingerprint density at radius 1 is 1.65 bits per heavy atom. The number of aromatic nitrogens is 2. The Bertz CT molecular complexity index is 659. The fourth-order valence-electron chi connectivity index (χ4n) is 2.33. The molecule has 0 amide bonds. The van der Waals surface area contributed by atoms with Crippen LogP contribution in [0.1, 0.15) is 18.2 Å². The van der Waals surface area contributed by atoms with E-state index in [-0.39, 0.29) is 19.0 Å². The van der Waals surface area contributed by atoms with Crippen LogP contribution in [0.25, 0.3) is 0 Å². The largest absolute Gasteiger partial charge is 0.779 e. The minimum atomic E-state index is -3.89. The van der Waals surface area contributed by atoms with Crippen LogP contribution in [0.5, 0.6) is 0 Å². The Morgan fingerprint density at radius 3 is 2.91 bits per heavy atom. The average molecular weight is 348 g/mol. The summed E-state index contributed by atoms with van der Waals surface area (Å²) in [5.41, 5.74) is 5.20. The summed E-state index contributed by atoms with van der Waals surface area (Å²) in [6.07, 6.45) is -0.164. The van der Waals surface area contributed by atoms with E-state index in [1.807, 2.05) is 0 Å². The van der Waals surface area contributed by atoms with Crippen molar-refractivity contribution in [2.24, 2.45) is 0 Å². The molecule has 0 radical (unpaired) electrons. The number of hydrogen-bond acceptors (Lipinski definition) is 9. The normalized spacial score (nSPS) is 27.0. The lowest BCUT2D eigenvalue weighted by Crippen LogP contribution is -2.30. The molecule has 130 valence electrons. The smallest absolute Gasteiger partial charge is 0.351 e. The Labute approximate surface area is 132 Å². The maximum Gasteiger partial charge on any atom is 0.351 e. The maximum atomic E-state index is 12.0. The fourth-order valence-corrected chi connectivity index (χ4v) is 2.75. The number of aliphatic hydroxyl groups is 1. The third-order valence-corrected chi connectivity index (χ3v) is 4.12. The Kier molecular flexibility index (Phi) is 5.56. The second-order valence-electron chi connectivity index (χ2n) is 5.21. The number of nitrogens with zero attached hydrogens (tertiary/aromatic N) is 2. The van der Waals surface area contributed by atoms with E-state index in [0.29, 0.717) is 12.0 Å². The zero-order chi connectivity index (χ0) is 17.2. The molecule has 0 bridgehead atoms. The van der Waals surface area contributed by atoms with Gasteiger partial charge in [-0.25, -0.2) is 4.79 Å². The molecule has 0 aliphatic carbocycles. The Balaban J connectivity index is 2.19. The highest BCUT2D eigenvalue weighted by Crippen LogP contribution is 2.35. The number of nitrogen functional groups attached to an aromatic ring is 1. The molecule has 11 heteroatoms. The molecule has 1 aromatic rings. The Morgan fingerprint density at radius 2 is 2.35 bits per heavy atom. The Hall–Kier alpha value is -1.29. The van der Waals surface area contributed by atoms with Gasteiger partial charge in [0.1, 0.15) is 25.7 Å². The van der Waals surface area contributed by atoms with Crippen LogP contribution in [0.3, 0.4) is 0 Å². The average Bonchev–Trinajstić information content (AvgIpc) is 2.87. The summed E-state index contributed by atoms with van der Waals surface area (Å²) in [4.78, 5) is 26.7. The van der Waals surface area contributed by atoms with Gasteiger partial charge in [0.15, 0.2) is 0 Å². The molecule has 23 heavy (non-hydrogen) atoms. The van der Waals surface area contributed by atoms with Gasteiger partial charge in [-0.05, 0) is 0 Å². The molecular formula is C12H19N3O7P-. The van der Waals surface area contributed by atoms with E-state index in [1.54, 1.807) is 0 Å². The van der Waals surface area contributed by atoms with Gasteiger partial charge in [0.2, 0.25) is 0 Å². The minimum Gasteiger partial charge on any atom is -0.779 e. The van der Waals surface area contributed by atoms with Crippen LogP contribution in [-0.2, 0) is 25.2 Å². The van der Waals surface area contributed by atoms with Crippen molar-refractivity contribution < 1.29 is 28.6 Å². The van der Waals surface area contributed by atoms with Crippen LogP contribution in [0.4, 0.5) is 5.82 Å². The van der Waals surface area contributed by atoms with E-state index in [2.05, 4.69) is 4.98 Å². The summed E-state index contributed by atoms with van der Waals surface area (Å²) in [7, 11) is -2.44. The standard InChI is InChI=1S/C12H20N3O7P/c1-20-8-3-10(22-9(8)6-21-23(2,18)19)15-4-7(5-16)11(13)14-12(15)17/h4,8-10,16H,3,5-6H2,1-2H3,(H,18,19)(H2,13,14,17)/p-1/t8-,9+,10+/m0/s1. The topological polar surface area (TPSA) is 149 Å². The predicted molar refractivity (Wildman–Crippen MR) is 77.6 cm³/mol. The first-order valence-corrected chi connectivity index (χ1v) is 8.84. The number of methoxy groups -OCH3 is 1. The number of ether oxygens (including phenoxy) is 2. The molecule has 1 saturated heterocycles. The third-order valence-electron chi connectivity index (χ3n) is 3.50. The van der Waals surface area contributed by atoms with E-state index in [4.69, 9.17) is 19.7 Å². The van der Waals surface area contributed by atoms with Gasteiger partial charge in [-0.1, -0.05) is 0 Å². The lowest BCUT2D eigenvalue weighted by atomic mass is 10.2. The van der Waals surface area contributed by atoms with Crippen molar-refractivity contribution in [3.63, 3.8) is 0 Å². The molecule has 1 aliphatic rings. The number of rotatable bonds is 6. The van der Waals surface area contributed by atoms with Gasteiger partial charge in [0, 0.05) is 32.0 Å². The van der Waals surface area contributed by atoms with Gasteiger partial charge in [-0.15, -0.1) is 0 Å². The summed E-state index contributed by atoms with van der Waals surface area (Å²) in [6.45, 7) is 0.376. The minimum absolute atomic E-state index is 0.0480. The lowest BCUT2D eigenvalue weighted by molar-refractivity contribution is -0.200. The maximum absolute atomic E-state index is 12.0. The third kappa shape index (κ3) is 4.37. The van der Waals surface area contributed by atoms with Gasteiger partial charge in [0.05, 0.1) is 19.3 Å². The SMILES string of the molecule is CO[C@H]1C[C@H](n2cc(CO)c(N)nc2=O)O[C@@H]1COP(C)(=O)[O-]. The number of nitrogens with two attached hydrogens (primary N) is 1. The lowest BCUT2D eigenvalue weighted by Gasteiger charge is -2.23.